The third-order valence-electron chi connectivity index (χ3n) is 3.74. The van der Waals surface area contributed by atoms with Gasteiger partial charge >= 0.3 is 0 Å². The van der Waals surface area contributed by atoms with Crippen LogP contribution in [-0.4, -0.2) is 22.4 Å². The first kappa shape index (κ1) is 12.2. The van der Waals surface area contributed by atoms with Crippen molar-refractivity contribution in [2.75, 3.05) is 6.61 Å². The molecule has 0 saturated carbocycles. The number of aromatic nitrogens is 2. The molecule has 4 heteroatoms. The summed E-state index contributed by atoms with van der Waals surface area (Å²) >= 11 is 0. The zero-order valence-electron chi connectivity index (χ0n) is 11.1. The number of nitrogens with two attached hydrogens (primary N) is 1. The Balaban J connectivity index is 1.73. The van der Waals surface area contributed by atoms with Crippen LogP contribution in [0, 0.1) is 0 Å². The summed E-state index contributed by atoms with van der Waals surface area (Å²) in [7, 11) is 0. The largest absolute Gasteiger partial charge is 0.493 e. The van der Waals surface area contributed by atoms with Crippen molar-refractivity contribution >= 4 is 0 Å². The van der Waals surface area contributed by atoms with Gasteiger partial charge in [-0.1, -0.05) is 18.2 Å². The van der Waals surface area contributed by atoms with Gasteiger partial charge in [0.1, 0.15) is 5.75 Å². The maximum Gasteiger partial charge on any atom is 0.122 e. The molecule has 0 spiro atoms. The van der Waals surface area contributed by atoms with Crippen LogP contribution < -0.4 is 10.5 Å². The lowest BCUT2D eigenvalue weighted by Crippen LogP contribution is -2.31. The van der Waals surface area contributed by atoms with Crippen LogP contribution in [0.25, 0.3) is 0 Å². The van der Waals surface area contributed by atoms with E-state index in [1.165, 1.54) is 11.1 Å². The summed E-state index contributed by atoms with van der Waals surface area (Å²) in [5.74, 6) is 1.26. The quantitative estimate of drug-likeness (QED) is 0.910. The molecule has 0 aliphatic carbocycles. The van der Waals surface area contributed by atoms with Crippen LogP contribution >= 0.6 is 0 Å². The first-order chi connectivity index (χ1) is 9.28. The molecule has 4 nitrogen and oxygen atoms in total. The average Bonchev–Trinajstić information content (AvgIpc) is 3.04. The van der Waals surface area contributed by atoms with Gasteiger partial charge in [0.25, 0.3) is 0 Å². The lowest BCUT2D eigenvalue weighted by molar-refractivity contribution is 0.313. The van der Waals surface area contributed by atoms with Crippen molar-refractivity contribution in [1.29, 1.82) is 0 Å². The summed E-state index contributed by atoms with van der Waals surface area (Å²) in [6.07, 6.45) is 4.81. The van der Waals surface area contributed by atoms with Crippen molar-refractivity contribution < 1.29 is 4.74 Å². The number of ether oxygens (including phenoxy) is 1. The molecule has 1 aromatic heterocycles. The second-order valence-corrected chi connectivity index (χ2v) is 5.03. The van der Waals surface area contributed by atoms with Crippen LogP contribution in [0.1, 0.15) is 24.0 Å². The number of nitrogens with zero attached hydrogens (tertiary/aromatic N) is 2. The molecule has 0 fully saturated rings. The third kappa shape index (κ3) is 2.36. The molecule has 0 amide bonds. The van der Waals surface area contributed by atoms with Gasteiger partial charge < -0.3 is 10.5 Å². The van der Waals surface area contributed by atoms with E-state index in [9.17, 15) is 0 Å². The van der Waals surface area contributed by atoms with Crippen molar-refractivity contribution in [1.82, 2.24) is 9.78 Å². The van der Waals surface area contributed by atoms with Crippen LogP contribution in [-0.2, 0) is 13.0 Å². The Bertz CT molecular complexity index is 564. The topological polar surface area (TPSA) is 53.1 Å². The van der Waals surface area contributed by atoms with Crippen molar-refractivity contribution in [2.45, 2.75) is 31.8 Å². The van der Waals surface area contributed by atoms with Crippen LogP contribution in [0.5, 0.6) is 5.75 Å². The summed E-state index contributed by atoms with van der Waals surface area (Å²) in [4.78, 5) is 0. The summed E-state index contributed by atoms with van der Waals surface area (Å²) in [5.41, 5.74) is 8.79. The fraction of sp³-hybridized carbons (Fsp3) is 0.400. The molecule has 19 heavy (non-hydrogen) atoms. The Kier molecular flexibility index (Phi) is 3.25. The number of para-hydroxylation sites is 1. The number of hydrogen-bond donors (Lipinski definition) is 1. The van der Waals surface area contributed by atoms with E-state index in [2.05, 4.69) is 24.3 Å². The molecule has 2 N–H and O–H groups in total. The molecule has 2 unspecified atom stereocenters. The van der Waals surface area contributed by atoms with E-state index >= 15 is 0 Å². The zero-order chi connectivity index (χ0) is 13.2. The molecule has 2 aromatic rings. The first-order valence-corrected chi connectivity index (χ1v) is 6.76. The Labute approximate surface area is 113 Å². The molecule has 0 saturated heterocycles. The van der Waals surface area contributed by atoms with E-state index in [0.29, 0.717) is 6.61 Å². The standard InChI is InChI=1S/C15H19N3O/c1-2-18-9-11(8-17-18)7-14(16)13-10-19-15-6-4-3-5-12(13)15/h3-6,8-9,13-14H,2,7,10,16H2,1H3. The third-order valence-corrected chi connectivity index (χ3v) is 3.74. The Morgan fingerprint density at radius 1 is 1.47 bits per heavy atom. The van der Waals surface area contributed by atoms with Gasteiger partial charge in [0, 0.05) is 30.3 Å². The molecular weight excluding hydrogens is 238 g/mol. The molecule has 1 aromatic carbocycles. The van der Waals surface area contributed by atoms with E-state index in [4.69, 9.17) is 10.5 Å². The molecule has 2 atom stereocenters. The molecular formula is C15H19N3O. The highest BCUT2D eigenvalue weighted by Gasteiger charge is 2.29. The lowest BCUT2D eigenvalue weighted by Gasteiger charge is -2.17. The highest BCUT2D eigenvalue weighted by Crippen LogP contribution is 2.35. The van der Waals surface area contributed by atoms with Gasteiger partial charge in [0.05, 0.1) is 12.8 Å². The molecule has 1 aliphatic heterocycles. The predicted octanol–water partition coefficient (Wildman–Crippen LogP) is 1.95. The maximum absolute atomic E-state index is 6.36. The average molecular weight is 257 g/mol. The molecule has 3 rings (SSSR count). The predicted molar refractivity (Wildman–Crippen MR) is 74.3 cm³/mol. The Hall–Kier alpha value is -1.81. The summed E-state index contributed by atoms with van der Waals surface area (Å²) in [6, 6.07) is 8.23. The molecule has 2 heterocycles. The summed E-state index contributed by atoms with van der Waals surface area (Å²) in [6.45, 7) is 3.66. The summed E-state index contributed by atoms with van der Waals surface area (Å²) in [5, 5.41) is 4.29. The minimum Gasteiger partial charge on any atom is -0.493 e. The second-order valence-electron chi connectivity index (χ2n) is 5.03. The second kappa shape index (κ2) is 5.05. The molecule has 0 radical (unpaired) electrons. The Morgan fingerprint density at radius 3 is 3.11 bits per heavy atom. The smallest absolute Gasteiger partial charge is 0.122 e. The summed E-state index contributed by atoms with van der Waals surface area (Å²) < 4.78 is 7.63. The number of benzene rings is 1. The van der Waals surface area contributed by atoms with Crippen LogP contribution in [0.15, 0.2) is 36.7 Å². The monoisotopic (exact) mass is 257 g/mol. The van der Waals surface area contributed by atoms with Crippen molar-refractivity contribution in [2.24, 2.45) is 5.73 Å². The first-order valence-electron chi connectivity index (χ1n) is 6.76. The van der Waals surface area contributed by atoms with E-state index in [1.807, 2.05) is 29.1 Å². The van der Waals surface area contributed by atoms with E-state index < -0.39 is 0 Å². The van der Waals surface area contributed by atoms with Gasteiger partial charge in [0.2, 0.25) is 0 Å². The van der Waals surface area contributed by atoms with Gasteiger partial charge in [-0.25, -0.2) is 0 Å². The zero-order valence-corrected chi connectivity index (χ0v) is 11.1. The number of fused-ring (bicyclic) bond motifs is 1. The molecule has 0 bridgehead atoms. The highest BCUT2D eigenvalue weighted by atomic mass is 16.5. The Morgan fingerprint density at radius 2 is 2.32 bits per heavy atom. The number of hydrogen-bond acceptors (Lipinski definition) is 3. The van der Waals surface area contributed by atoms with Crippen molar-refractivity contribution in [3.8, 4) is 5.75 Å². The van der Waals surface area contributed by atoms with E-state index in [0.717, 1.165) is 18.7 Å². The van der Waals surface area contributed by atoms with Crippen molar-refractivity contribution in [3.05, 3.63) is 47.8 Å². The van der Waals surface area contributed by atoms with Gasteiger partial charge in [0.15, 0.2) is 0 Å². The maximum atomic E-state index is 6.36. The number of rotatable bonds is 4. The van der Waals surface area contributed by atoms with Crippen LogP contribution in [0.2, 0.25) is 0 Å². The van der Waals surface area contributed by atoms with Gasteiger partial charge in [-0.3, -0.25) is 4.68 Å². The fourth-order valence-electron chi connectivity index (χ4n) is 2.64. The molecule has 1 aliphatic rings. The highest BCUT2D eigenvalue weighted by molar-refractivity contribution is 5.40. The van der Waals surface area contributed by atoms with Crippen LogP contribution in [0.4, 0.5) is 0 Å². The lowest BCUT2D eigenvalue weighted by atomic mass is 9.90. The molecule has 100 valence electrons. The minimum absolute atomic E-state index is 0.0677. The van der Waals surface area contributed by atoms with Gasteiger partial charge in [-0.05, 0) is 25.0 Å². The SMILES string of the molecule is CCn1cc(CC(N)C2COc3ccccc32)cn1. The van der Waals surface area contributed by atoms with E-state index in [-0.39, 0.29) is 12.0 Å². The van der Waals surface area contributed by atoms with Gasteiger partial charge in [-0.15, -0.1) is 0 Å². The van der Waals surface area contributed by atoms with Crippen LogP contribution in [0.3, 0.4) is 0 Å². The number of aryl methyl sites for hydroxylation is 1. The van der Waals surface area contributed by atoms with E-state index in [1.54, 1.807) is 0 Å². The van der Waals surface area contributed by atoms with Gasteiger partial charge in [-0.2, -0.15) is 5.10 Å². The normalized spacial score (nSPS) is 18.9. The van der Waals surface area contributed by atoms with Crippen molar-refractivity contribution in [3.63, 3.8) is 0 Å². The fourth-order valence-corrected chi connectivity index (χ4v) is 2.64. The minimum atomic E-state index is 0.0677.